The molecule has 1 atom stereocenters. The average Bonchev–Trinajstić information content (AvgIpc) is 3.12. The molecule has 3 heterocycles. The van der Waals surface area contributed by atoms with Crippen LogP contribution in [0.1, 0.15) is 5.56 Å². The van der Waals surface area contributed by atoms with Crippen LogP contribution in [0, 0.1) is 0 Å². The summed E-state index contributed by atoms with van der Waals surface area (Å²) < 4.78 is 5.83. The van der Waals surface area contributed by atoms with E-state index >= 15 is 0 Å². The number of morpholine rings is 1. The number of ether oxygens (including phenoxy) is 1. The van der Waals surface area contributed by atoms with E-state index in [1.165, 1.54) is 11.3 Å². The maximum Gasteiger partial charge on any atom is 0.317 e. The van der Waals surface area contributed by atoms with Crippen molar-refractivity contribution in [3.05, 3.63) is 42.2 Å². The summed E-state index contributed by atoms with van der Waals surface area (Å²) in [6.45, 7) is 3.52. The fraction of sp³-hybridized carbons (Fsp3) is 0.450. The Kier molecular flexibility index (Phi) is 5.40. The minimum absolute atomic E-state index is 0.00584. The van der Waals surface area contributed by atoms with Gasteiger partial charge in [-0.2, -0.15) is 0 Å². The van der Waals surface area contributed by atoms with Crippen molar-refractivity contribution in [3.8, 4) is 0 Å². The Morgan fingerprint density at radius 1 is 1.29 bits per heavy atom. The molecule has 0 amide bonds. The Bertz CT molecular complexity index is 846. The normalized spacial score (nSPS) is 19.1. The zero-order valence-electron chi connectivity index (χ0n) is 16.0. The number of aromatic nitrogens is 2. The fourth-order valence-corrected chi connectivity index (χ4v) is 3.91. The number of hydrogen-bond donors (Lipinski definition) is 1. The van der Waals surface area contributed by atoms with Crippen LogP contribution in [-0.2, 0) is 16.0 Å². The number of para-hydroxylation sites is 1. The zero-order valence-corrected chi connectivity index (χ0v) is 16.0. The lowest BCUT2D eigenvalue weighted by Crippen LogP contribution is -2.48. The lowest BCUT2D eigenvalue weighted by Gasteiger charge is -2.35. The summed E-state index contributed by atoms with van der Waals surface area (Å²) in [5.74, 6) is 0.950. The number of nitrogens with zero attached hydrogens (tertiary/aromatic N) is 5. The number of benzene rings is 1. The van der Waals surface area contributed by atoms with Crippen LogP contribution in [0.3, 0.4) is 0 Å². The minimum Gasteiger partial charge on any atom is -0.480 e. The molecule has 28 heavy (non-hydrogen) atoms. The van der Waals surface area contributed by atoms with Crippen LogP contribution in [-0.4, -0.2) is 78.4 Å². The molecule has 1 saturated heterocycles. The van der Waals surface area contributed by atoms with Crippen LogP contribution in [0.2, 0.25) is 0 Å². The van der Waals surface area contributed by atoms with Crippen LogP contribution in [0.25, 0.3) is 0 Å². The maximum atomic E-state index is 10.9. The topological polar surface area (TPSA) is 82.0 Å². The molecule has 1 unspecified atom stereocenters. The van der Waals surface area contributed by atoms with Crippen molar-refractivity contribution >= 4 is 23.3 Å². The van der Waals surface area contributed by atoms with Gasteiger partial charge in [-0.1, -0.05) is 18.2 Å². The molecule has 0 bridgehead atoms. The predicted octanol–water partition coefficient (Wildman–Crippen LogP) is 1.39. The summed E-state index contributed by atoms with van der Waals surface area (Å²) in [5, 5.41) is 8.93. The van der Waals surface area contributed by atoms with Crippen LogP contribution in [0.15, 0.2) is 36.7 Å². The van der Waals surface area contributed by atoms with Gasteiger partial charge in [0.05, 0.1) is 19.3 Å². The first-order chi connectivity index (χ1) is 13.6. The van der Waals surface area contributed by atoms with Gasteiger partial charge >= 0.3 is 5.97 Å². The van der Waals surface area contributed by atoms with E-state index in [0.717, 1.165) is 31.1 Å². The number of aliphatic carboxylic acids is 1. The smallest absolute Gasteiger partial charge is 0.317 e. The minimum atomic E-state index is -0.832. The third-order valence-corrected chi connectivity index (χ3v) is 5.19. The van der Waals surface area contributed by atoms with Gasteiger partial charge in [0.1, 0.15) is 18.0 Å². The summed E-state index contributed by atoms with van der Waals surface area (Å²) >= 11 is 0. The quantitative estimate of drug-likeness (QED) is 0.802. The molecule has 0 saturated carbocycles. The number of fused-ring (bicyclic) bond motifs is 1. The molecule has 2 aromatic rings. The highest BCUT2D eigenvalue weighted by molar-refractivity contribution is 5.69. The Balaban J connectivity index is 1.46. The molecule has 2 aliphatic rings. The van der Waals surface area contributed by atoms with E-state index in [1.807, 2.05) is 6.07 Å². The maximum absolute atomic E-state index is 10.9. The van der Waals surface area contributed by atoms with Gasteiger partial charge < -0.3 is 19.6 Å². The number of anilines is 3. The van der Waals surface area contributed by atoms with Gasteiger partial charge in [0.25, 0.3) is 0 Å². The number of hydrogen-bond acceptors (Lipinski definition) is 7. The molecule has 8 nitrogen and oxygen atoms in total. The first-order valence-electron chi connectivity index (χ1n) is 9.54. The van der Waals surface area contributed by atoms with Crippen LogP contribution >= 0.6 is 0 Å². The van der Waals surface area contributed by atoms with E-state index in [4.69, 9.17) is 9.84 Å². The first-order valence-corrected chi connectivity index (χ1v) is 9.54. The lowest BCUT2D eigenvalue weighted by molar-refractivity contribution is -0.138. The van der Waals surface area contributed by atoms with Crippen molar-refractivity contribution in [2.45, 2.75) is 12.5 Å². The van der Waals surface area contributed by atoms with Gasteiger partial charge in [0.2, 0.25) is 0 Å². The third-order valence-electron chi connectivity index (χ3n) is 5.19. The number of carboxylic acid groups (broad SMARTS) is 1. The van der Waals surface area contributed by atoms with Crippen LogP contribution in [0.5, 0.6) is 0 Å². The van der Waals surface area contributed by atoms with Crippen molar-refractivity contribution in [1.29, 1.82) is 0 Å². The van der Waals surface area contributed by atoms with Crippen molar-refractivity contribution in [2.24, 2.45) is 0 Å². The van der Waals surface area contributed by atoms with E-state index in [1.54, 1.807) is 18.3 Å². The Morgan fingerprint density at radius 2 is 2.11 bits per heavy atom. The second-order valence-corrected chi connectivity index (χ2v) is 7.29. The monoisotopic (exact) mass is 383 g/mol. The van der Waals surface area contributed by atoms with Gasteiger partial charge in [-0.15, -0.1) is 0 Å². The molecule has 0 spiro atoms. The number of likely N-dealkylation sites (N-methyl/N-ethyl adjacent to an activating group) is 1. The second-order valence-electron chi connectivity index (χ2n) is 7.29. The molecular formula is C20H25N5O3. The highest BCUT2D eigenvalue weighted by Crippen LogP contribution is 2.34. The summed E-state index contributed by atoms with van der Waals surface area (Å²) in [6, 6.07) is 10.5. The standard InChI is InChI=1S/C20H25N5O3/c1-23(13-20(26)27)11-16-12-24(8-9-28-16)18-10-19(22-14-21-18)25-7-6-15-4-2-3-5-17(15)25/h2-5,10,14,16H,6-9,11-13H2,1H3,(H,26,27). The number of rotatable bonds is 6. The summed E-state index contributed by atoms with van der Waals surface area (Å²) in [5.41, 5.74) is 2.55. The highest BCUT2D eigenvalue weighted by atomic mass is 16.5. The molecule has 0 radical (unpaired) electrons. The molecule has 1 aromatic carbocycles. The lowest BCUT2D eigenvalue weighted by atomic mass is 10.2. The van der Waals surface area contributed by atoms with Gasteiger partial charge in [0.15, 0.2) is 0 Å². The first kappa shape index (κ1) is 18.6. The van der Waals surface area contributed by atoms with Crippen LogP contribution in [0.4, 0.5) is 17.3 Å². The van der Waals surface area contributed by atoms with E-state index in [-0.39, 0.29) is 12.6 Å². The summed E-state index contributed by atoms with van der Waals surface area (Å²) in [6.07, 6.45) is 2.58. The Hall–Kier alpha value is -2.71. The van der Waals surface area contributed by atoms with E-state index in [2.05, 4.69) is 44.0 Å². The Labute approximate surface area is 164 Å². The van der Waals surface area contributed by atoms with Gasteiger partial charge in [-0.25, -0.2) is 9.97 Å². The van der Waals surface area contributed by atoms with Gasteiger partial charge in [0, 0.05) is 37.9 Å². The second kappa shape index (κ2) is 8.12. The number of carboxylic acids is 1. The molecular weight excluding hydrogens is 358 g/mol. The molecule has 0 aliphatic carbocycles. The molecule has 1 N–H and O–H groups in total. The SMILES string of the molecule is CN(CC(=O)O)CC1CN(c2cc(N3CCc4ccccc43)ncn2)CCO1. The molecule has 2 aliphatic heterocycles. The van der Waals surface area contributed by atoms with E-state index in [9.17, 15) is 4.79 Å². The number of carbonyl (C=O) groups is 1. The molecule has 8 heteroatoms. The summed E-state index contributed by atoms with van der Waals surface area (Å²) in [4.78, 5) is 26.0. The van der Waals surface area contributed by atoms with Gasteiger partial charge in [-0.05, 0) is 25.1 Å². The van der Waals surface area contributed by atoms with Gasteiger partial charge in [-0.3, -0.25) is 9.69 Å². The van der Waals surface area contributed by atoms with Crippen molar-refractivity contribution in [1.82, 2.24) is 14.9 Å². The molecule has 1 fully saturated rings. The Morgan fingerprint density at radius 3 is 2.96 bits per heavy atom. The van der Waals surface area contributed by atoms with E-state index < -0.39 is 5.97 Å². The molecule has 148 valence electrons. The fourth-order valence-electron chi connectivity index (χ4n) is 3.91. The average molecular weight is 383 g/mol. The van der Waals surface area contributed by atoms with E-state index in [0.29, 0.717) is 19.7 Å². The summed E-state index contributed by atoms with van der Waals surface area (Å²) in [7, 11) is 1.80. The molecule has 4 rings (SSSR count). The van der Waals surface area contributed by atoms with Crippen molar-refractivity contribution in [2.75, 3.05) is 56.2 Å². The zero-order chi connectivity index (χ0) is 19.5. The van der Waals surface area contributed by atoms with Crippen LogP contribution < -0.4 is 9.80 Å². The molecule has 1 aromatic heterocycles. The highest BCUT2D eigenvalue weighted by Gasteiger charge is 2.25. The van der Waals surface area contributed by atoms with Crippen molar-refractivity contribution < 1.29 is 14.6 Å². The van der Waals surface area contributed by atoms with Crippen molar-refractivity contribution in [3.63, 3.8) is 0 Å². The largest absolute Gasteiger partial charge is 0.480 e. The third kappa shape index (κ3) is 4.07. The predicted molar refractivity (Wildman–Crippen MR) is 106 cm³/mol.